The topological polar surface area (TPSA) is 16.1 Å². The van der Waals surface area contributed by atoms with E-state index in [4.69, 9.17) is 6.42 Å². The second kappa shape index (κ2) is 3.67. The Bertz CT molecular complexity index is 370. The van der Waals surface area contributed by atoms with Crippen molar-refractivity contribution in [3.63, 3.8) is 0 Å². The molecule has 0 N–H and O–H groups in total. The molecule has 3 heteroatoms. The van der Waals surface area contributed by atoms with Crippen LogP contribution in [0.15, 0.2) is 18.5 Å². The molecule has 14 heavy (non-hydrogen) atoms. The van der Waals surface area contributed by atoms with Crippen LogP contribution in [-0.2, 0) is 0 Å². The summed E-state index contributed by atoms with van der Waals surface area (Å²) < 4.78 is 12.9. The summed E-state index contributed by atoms with van der Waals surface area (Å²) >= 11 is 0. The van der Waals surface area contributed by atoms with Crippen LogP contribution in [0.1, 0.15) is 12.0 Å². The SMILES string of the molecule is C#Cc1cncc(N2CCC(F)C2)c1. The summed E-state index contributed by atoms with van der Waals surface area (Å²) in [4.78, 5) is 5.99. The Morgan fingerprint density at radius 2 is 2.43 bits per heavy atom. The summed E-state index contributed by atoms with van der Waals surface area (Å²) in [6, 6.07) is 1.87. The van der Waals surface area contributed by atoms with Gasteiger partial charge < -0.3 is 4.90 Å². The fourth-order valence-electron chi connectivity index (χ4n) is 1.63. The van der Waals surface area contributed by atoms with Gasteiger partial charge in [-0.3, -0.25) is 4.98 Å². The molecule has 72 valence electrons. The van der Waals surface area contributed by atoms with E-state index in [1.54, 1.807) is 12.4 Å². The van der Waals surface area contributed by atoms with E-state index in [0.29, 0.717) is 13.0 Å². The van der Waals surface area contributed by atoms with Gasteiger partial charge in [-0.25, -0.2) is 4.39 Å². The zero-order valence-electron chi connectivity index (χ0n) is 7.78. The molecule has 0 radical (unpaired) electrons. The Hall–Kier alpha value is -1.56. The third-order valence-corrected chi connectivity index (χ3v) is 2.39. The first-order valence-corrected chi connectivity index (χ1v) is 4.60. The maximum absolute atomic E-state index is 12.9. The van der Waals surface area contributed by atoms with Crippen molar-refractivity contribution < 1.29 is 4.39 Å². The van der Waals surface area contributed by atoms with E-state index in [1.165, 1.54) is 0 Å². The van der Waals surface area contributed by atoms with Gasteiger partial charge in [-0.2, -0.15) is 0 Å². The quantitative estimate of drug-likeness (QED) is 0.625. The van der Waals surface area contributed by atoms with Crippen molar-refractivity contribution in [3.8, 4) is 12.3 Å². The molecule has 1 saturated heterocycles. The minimum Gasteiger partial charge on any atom is -0.367 e. The third kappa shape index (κ3) is 1.69. The van der Waals surface area contributed by atoms with Crippen molar-refractivity contribution in [2.45, 2.75) is 12.6 Å². The van der Waals surface area contributed by atoms with Gasteiger partial charge in [0.05, 0.1) is 11.9 Å². The Morgan fingerprint density at radius 1 is 1.57 bits per heavy atom. The monoisotopic (exact) mass is 190 g/mol. The molecule has 1 aliphatic heterocycles. The first-order valence-electron chi connectivity index (χ1n) is 4.60. The number of pyridine rings is 1. The smallest absolute Gasteiger partial charge is 0.119 e. The average molecular weight is 190 g/mol. The van der Waals surface area contributed by atoms with Crippen LogP contribution in [0.25, 0.3) is 0 Å². The van der Waals surface area contributed by atoms with Crippen LogP contribution >= 0.6 is 0 Å². The van der Waals surface area contributed by atoms with Crippen molar-refractivity contribution in [3.05, 3.63) is 24.0 Å². The van der Waals surface area contributed by atoms with Crippen LogP contribution in [-0.4, -0.2) is 24.2 Å². The zero-order valence-corrected chi connectivity index (χ0v) is 7.78. The van der Waals surface area contributed by atoms with E-state index in [9.17, 15) is 4.39 Å². The van der Waals surface area contributed by atoms with Crippen LogP contribution in [0.4, 0.5) is 10.1 Å². The zero-order chi connectivity index (χ0) is 9.97. The number of hydrogen-bond donors (Lipinski definition) is 0. The summed E-state index contributed by atoms with van der Waals surface area (Å²) in [5.74, 6) is 2.52. The molecule has 1 unspecified atom stereocenters. The highest BCUT2D eigenvalue weighted by Gasteiger charge is 2.21. The summed E-state index contributed by atoms with van der Waals surface area (Å²) in [5.41, 5.74) is 1.66. The molecular weight excluding hydrogens is 179 g/mol. The molecule has 1 fully saturated rings. The first-order chi connectivity index (χ1) is 6.79. The minimum absolute atomic E-state index is 0.454. The predicted octanol–water partition coefficient (Wildman–Crippen LogP) is 1.61. The lowest BCUT2D eigenvalue weighted by Crippen LogP contribution is -2.20. The minimum atomic E-state index is -0.718. The van der Waals surface area contributed by atoms with Crippen molar-refractivity contribution in [2.75, 3.05) is 18.0 Å². The van der Waals surface area contributed by atoms with Gasteiger partial charge in [0.15, 0.2) is 0 Å². The van der Waals surface area contributed by atoms with Crippen molar-refractivity contribution in [1.82, 2.24) is 4.98 Å². The average Bonchev–Trinajstić information content (AvgIpc) is 2.65. The molecule has 2 heterocycles. The summed E-state index contributed by atoms with van der Waals surface area (Å²) in [6.07, 6.45) is 8.49. The molecule has 1 aromatic heterocycles. The van der Waals surface area contributed by atoms with E-state index in [-0.39, 0.29) is 0 Å². The first kappa shape index (κ1) is 9.01. The molecule has 0 bridgehead atoms. The van der Waals surface area contributed by atoms with Gasteiger partial charge in [0, 0.05) is 24.8 Å². The van der Waals surface area contributed by atoms with E-state index >= 15 is 0 Å². The number of anilines is 1. The van der Waals surface area contributed by atoms with Gasteiger partial charge in [0.2, 0.25) is 0 Å². The van der Waals surface area contributed by atoms with Gasteiger partial charge in [0.1, 0.15) is 6.17 Å². The molecule has 2 nitrogen and oxygen atoms in total. The van der Waals surface area contributed by atoms with Gasteiger partial charge >= 0.3 is 0 Å². The number of aromatic nitrogens is 1. The van der Waals surface area contributed by atoms with Crippen molar-refractivity contribution in [2.24, 2.45) is 0 Å². The Labute approximate surface area is 82.8 Å². The number of terminal acetylenes is 1. The number of nitrogens with zero attached hydrogens (tertiary/aromatic N) is 2. The number of rotatable bonds is 1. The maximum Gasteiger partial charge on any atom is 0.119 e. The number of hydrogen-bond acceptors (Lipinski definition) is 2. The second-order valence-electron chi connectivity index (χ2n) is 3.41. The fourth-order valence-corrected chi connectivity index (χ4v) is 1.63. The molecule has 0 saturated carbocycles. The predicted molar refractivity (Wildman–Crippen MR) is 53.9 cm³/mol. The van der Waals surface area contributed by atoms with Crippen LogP contribution in [0.3, 0.4) is 0 Å². The lowest BCUT2D eigenvalue weighted by Gasteiger charge is -2.16. The van der Waals surface area contributed by atoms with Crippen LogP contribution in [0, 0.1) is 12.3 Å². The molecule has 1 aliphatic rings. The molecule has 0 amide bonds. The van der Waals surface area contributed by atoms with E-state index in [0.717, 1.165) is 17.8 Å². The number of alkyl halides is 1. The molecule has 1 atom stereocenters. The normalized spacial score (nSPS) is 20.9. The molecule has 0 aromatic carbocycles. The standard InChI is InChI=1S/C11H11FN2/c1-2-9-5-11(7-13-6-9)14-4-3-10(12)8-14/h1,5-7,10H,3-4,8H2. The Balaban J connectivity index is 2.20. The highest BCUT2D eigenvalue weighted by Crippen LogP contribution is 2.21. The second-order valence-corrected chi connectivity index (χ2v) is 3.41. The van der Waals surface area contributed by atoms with Crippen LogP contribution < -0.4 is 4.90 Å². The maximum atomic E-state index is 12.9. The van der Waals surface area contributed by atoms with Crippen molar-refractivity contribution >= 4 is 5.69 Å². The van der Waals surface area contributed by atoms with Crippen LogP contribution in [0.2, 0.25) is 0 Å². The van der Waals surface area contributed by atoms with Crippen LogP contribution in [0.5, 0.6) is 0 Å². The Kier molecular flexibility index (Phi) is 2.36. The summed E-state index contributed by atoms with van der Waals surface area (Å²) in [5, 5.41) is 0. The largest absolute Gasteiger partial charge is 0.367 e. The fraction of sp³-hybridized carbons (Fsp3) is 0.364. The van der Waals surface area contributed by atoms with Gasteiger partial charge in [-0.15, -0.1) is 6.42 Å². The number of halogens is 1. The third-order valence-electron chi connectivity index (χ3n) is 2.39. The Morgan fingerprint density at radius 3 is 3.07 bits per heavy atom. The van der Waals surface area contributed by atoms with E-state index < -0.39 is 6.17 Å². The molecular formula is C11H11FN2. The molecule has 2 rings (SSSR count). The molecule has 0 aliphatic carbocycles. The van der Waals surface area contributed by atoms with Gasteiger partial charge in [-0.05, 0) is 12.5 Å². The van der Waals surface area contributed by atoms with Crippen molar-refractivity contribution in [1.29, 1.82) is 0 Å². The summed E-state index contributed by atoms with van der Waals surface area (Å²) in [6.45, 7) is 1.20. The van der Waals surface area contributed by atoms with E-state index in [1.807, 2.05) is 11.0 Å². The van der Waals surface area contributed by atoms with Gasteiger partial charge in [-0.1, -0.05) is 5.92 Å². The van der Waals surface area contributed by atoms with Gasteiger partial charge in [0.25, 0.3) is 0 Å². The highest BCUT2D eigenvalue weighted by molar-refractivity contribution is 5.50. The summed E-state index contributed by atoms with van der Waals surface area (Å²) in [7, 11) is 0. The highest BCUT2D eigenvalue weighted by atomic mass is 19.1. The van der Waals surface area contributed by atoms with E-state index in [2.05, 4.69) is 10.9 Å². The molecule has 1 aromatic rings. The molecule has 0 spiro atoms. The lowest BCUT2D eigenvalue weighted by molar-refractivity contribution is 0.364. The lowest BCUT2D eigenvalue weighted by atomic mass is 10.2.